The highest BCUT2D eigenvalue weighted by Gasteiger charge is 2.34. The average Bonchev–Trinajstić information content (AvgIpc) is 3.07. The first-order chi connectivity index (χ1) is 22.7. The predicted octanol–water partition coefficient (Wildman–Crippen LogP) is 10.0. The quantitative estimate of drug-likeness (QED) is 0.0804. The van der Waals surface area contributed by atoms with Crippen LogP contribution in [0.1, 0.15) is 33.6 Å². The predicted molar refractivity (Wildman–Crippen MR) is 178 cm³/mol. The fourth-order valence-corrected chi connectivity index (χ4v) is 5.88. The van der Waals surface area contributed by atoms with E-state index >= 15 is 0 Å². The van der Waals surface area contributed by atoms with Crippen LogP contribution in [0.5, 0.6) is 0 Å². The van der Waals surface area contributed by atoms with Gasteiger partial charge in [-0.1, -0.05) is 72.8 Å². The maximum absolute atomic E-state index is 13.5. The van der Waals surface area contributed by atoms with Crippen LogP contribution < -0.4 is 0 Å². The Morgan fingerprint density at radius 3 is 1.15 bits per heavy atom. The van der Waals surface area contributed by atoms with Crippen molar-refractivity contribution in [1.29, 1.82) is 21.6 Å². The summed E-state index contributed by atoms with van der Waals surface area (Å²) in [5.74, 6) is 0. The molecule has 0 spiro atoms. The van der Waals surface area contributed by atoms with E-state index in [0.717, 1.165) is 35.7 Å². The van der Waals surface area contributed by atoms with Gasteiger partial charge in [0.1, 0.15) is 20.2 Å². The van der Waals surface area contributed by atoms with E-state index in [1.54, 1.807) is 24.3 Å². The average molecular weight is 693 g/mol. The van der Waals surface area contributed by atoms with E-state index in [1.807, 2.05) is 0 Å². The molecule has 3 aromatic carbocycles. The summed E-state index contributed by atoms with van der Waals surface area (Å²) < 4.78 is 81.2. The van der Waals surface area contributed by atoms with Gasteiger partial charge in [0.05, 0.1) is 33.9 Å². The fraction of sp³-hybridized carbons (Fsp3) is 0.0588. The Bertz CT molecular complexity index is 1900. The van der Waals surface area contributed by atoms with Gasteiger partial charge in [-0.25, -0.2) is 9.97 Å². The van der Waals surface area contributed by atoms with Gasteiger partial charge in [-0.3, -0.25) is 21.6 Å². The Hall–Kier alpha value is -5.08. The van der Waals surface area contributed by atoms with Gasteiger partial charge in [-0.15, -0.1) is 0 Å². The summed E-state index contributed by atoms with van der Waals surface area (Å²) in [4.78, 5) is 8.49. The number of pyridine rings is 2. The second kappa shape index (κ2) is 14.0. The molecule has 0 unspecified atom stereocenters. The third-order valence-corrected chi connectivity index (χ3v) is 8.50. The number of hydrogen-bond acceptors (Lipinski definition) is 8. The SMILES string of the molecule is N=C(SC(=N)c1cccc(-c2ccccc2C(F)(F)F)n1)c1ccc(C(=N)SC(=N)c2cccc(-c3ccccc3C(F)(F)F)n2)cc1. The number of alkyl halides is 6. The van der Waals surface area contributed by atoms with Crippen molar-refractivity contribution in [3.63, 3.8) is 0 Å². The Kier molecular flexibility index (Phi) is 9.96. The normalized spacial score (nSPS) is 11.6. The van der Waals surface area contributed by atoms with E-state index in [2.05, 4.69) is 9.97 Å². The van der Waals surface area contributed by atoms with Crippen LogP contribution in [-0.4, -0.2) is 30.1 Å². The standard InChI is InChI=1S/C34H22F6N6S2/c35-33(36,37)23-9-3-1-7-21(23)25-11-5-13-27(45-25)31(43)47-29(41)19-15-17-20(18-16-19)30(42)48-32(44)28-14-6-12-26(46-28)22-8-2-4-10-24(22)34(38,39)40/h1-18,41-44H. The number of aromatic nitrogens is 2. The minimum absolute atomic E-state index is 0.0382. The molecule has 5 aromatic rings. The fourth-order valence-electron chi connectivity index (χ4n) is 4.53. The van der Waals surface area contributed by atoms with Crippen molar-refractivity contribution in [2.45, 2.75) is 12.4 Å². The minimum Gasteiger partial charge on any atom is -0.293 e. The van der Waals surface area contributed by atoms with Crippen LogP contribution in [0, 0.1) is 21.6 Å². The molecule has 0 bridgehead atoms. The monoisotopic (exact) mass is 692 g/mol. The highest BCUT2D eigenvalue weighted by Crippen LogP contribution is 2.37. The van der Waals surface area contributed by atoms with Gasteiger partial charge < -0.3 is 0 Å². The van der Waals surface area contributed by atoms with Gasteiger partial charge in [0.2, 0.25) is 0 Å². The Labute approximate surface area is 278 Å². The van der Waals surface area contributed by atoms with E-state index in [0.29, 0.717) is 11.1 Å². The van der Waals surface area contributed by atoms with E-state index in [4.69, 9.17) is 21.6 Å². The molecule has 242 valence electrons. The first-order valence-electron chi connectivity index (χ1n) is 13.8. The number of rotatable bonds is 6. The molecule has 0 aliphatic rings. The molecular weight excluding hydrogens is 671 g/mol. The van der Waals surface area contributed by atoms with E-state index < -0.39 is 23.5 Å². The number of thioether (sulfide) groups is 2. The third-order valence-electron chi connectivity index (χ3n) is 6.80. The molecule has 2 aromatic heterocycles. The molecule has 0 fully saturated rings. The molecule has 0 aliphatic carbocycles. The third kappa shape index (κ3) is 7.89. The Balaban J connectivity index is 1.25. The van der Waals surface area contributed by atoms with Crippen LogP contribution in [0.2, 0.25) is 0 Å². The zero-order valence-electron chi connectivity index (χ0n) is 24.4. The topological polar surface area (TPSA) is 121 Å². The van der Waals surface area contributed by atoms with Gasteiger partial charge in [0, 0.05) is 22.3 Å². The highest BCUT2D eigenvalue weighted by molar-refractivity contribution is 8.27. The van der Waals surface area contributed by atoms with Gasteiger partial charge in [0.25, 0.3) is 0 Å². The summed E-state index contributed by atoms with van der Waals surface area (Å²) in [5.41, 5.74) is -0.894. The van der Waals surface area contributed by atoms with Crippen LogP contribution in [0.15, 0.2) is 109 Å². The van der Waals surface area contributed by atoms with Crippen molar-refractivity contribution in [2.24, 2.45) is 0 Å². The molecule has 0 atom stereocenters. The molecule has 48 heavy (non-hydrogen) atoms. The molecule has 0 amide bonds. The summed E-state index contributed by atoms with van der Waals surface area (Å²) in [5, 5.41) is 33.4. The molecule has 5 rings (SSSR count). The summed E-state index contributed by atoms with van der Waals surface area (Å²) in [7, 11) is 0. The van der Waals surface area contributed by atoms with E-state index in [9.17, 15) is 26.3 Å². The molecule has 6 nitrogen and oxygen atoms in total. The number of nitrogens with one attached hydrogen (secondary N) is 4. The zero-order chi connectivity index (χ0) is 34.6. The number of nitrogens with zero attached hydrogens (tertiary/aromatic N) is 2. The molecule has 2 heterocycles. The van der Waals surface area contributed by atoms with Crippen LogP contribution in [0.3, 0.4) is 0 Å². The first-order valence-corrected chi connectivity index (χ1v) is 15.4. The lowest BCUT2D eigenvalue weighted by atomic mass is 10.0. The van der Waals surface area contributed by atoms with Gasteiger partial charge in [-0.2, -0.15) is 26.3 Å². The van der Waals surface area contributed by atoms with Crippen LogP contribution >= 0.6 is 23.5 Å². The number of benzene rings is 3. The summed E-state index contributed by atoms with van der Waals surface area (Å²) in [6.45, 7) is 0. The highest BCUT2D eigenvalue weighted by atomic mass is 32.2. The van der Waals surface area contributed by atoms with Crippen molar-refractivity contribution >= 4 is 43.7 Å². The Morgan fingerprint density at radius 1 is 0.438 bits per heavy atom. The number of hydrogen-bond donors (Lipinski definition) is 4. The zero-order valence-corrected chi connectivity index (χ0v) is 26.0. The molecule has 4 N–H and O–H groups in total. The Morgan fingerprint density at radius 2 is 0.792 bits per heavy atom. The van der Waals surface area contributed by atoms with Gasteiger partial charge >= 0.3 is 12.4 Å². The van der Waals surface area contributed by atoms with Gasteiger partial charge in [0.15, 0.2) is 0 Å². The van der Waals surface area contributed by atoms with Crippen LogP contribution in [0.25, 0.3) is 22.5 Å². The van der Waals surface area contributed by atoms with E-state index in [1.165, 1.54) is 72.8 Å². The van der Waals surface area contributed by atoms with Crippen LogP contribution in [-0.2, 0) is 12.4 Å². The largest absolute Gasteiger partial charge is 0.417 e. The maximum atomic E-state index is 13.5. The van der Waals surface area contributed by atoms with Crippen molar-refractivity contribution in [3.05, 3.63) is 143 Å². The lowest BCUT2D eigenvalue weighted by Gasteiger charge is -2.13. The molecule has 14 heteroatoms. The smallest absolute Gasteiger partial charge is 0.293 e. The number of halogens is 6. The molecule has 0 saturated carbocycles. The van der Waals surface area contributed by atoms with Crippen molar-refractivity contribution in [2.75, 3.05) is 0 Å². The lowest BCUT2D eigenvalue weighted by Crippen LogP contribution is -2.09. The van der Waals surface area contributed by atoms with Crippen molar-refractivity contribution in [3.8, 4) is 22.5 Å². The van der Waals surface area contributed by atoms with Gasteiger partial charge in [-0.05, 0) is 59.9 Å². The summed E-state index contributed by atoms with van der Waals surface area (Å²) in [6.07, 6.45) is -9.18. The second-order valence-corrected chi connectivity index (χ2v) is 12.0. The second-order valence-electron chi connectivity index (χ2n) is 10.0. The first kappa shape index (κ1) is 34.3. The minimum atomic E-state index is -4.59. The molecule has 0 saturated heterocycles. The maximum Gasteiger partial charge on any atom is 0.417 e. The molecular formula is C34H22F6N6S2. The summed E-state index contributed by atoms with van der Waals surface area (Å²) in [6, 6.07) is 25.0. The van der Waals surface area contributed by atoms with Crippen molar-refractivity contribution in [1.82, 2.24) is 9.97 Å². The van der Waals surface area contributed by atoms with Crippen LogP contribution in [0.4, 0.5) is 26.3 Å². The molecule has 0 radical (unpaired) electrons. The summed E-state index contributed by atoms with van der Waals surface area (Å²) >= 11 is 1.51. The lowest BCUT2D eigenvalue weighted by molar-refractivity contribution is -0.137. The van der Waals surface area contributed by atoms with E-state index in [-0.39, 0.29) is 54.1 Å². The van der Waals surface area contributed by atoms with Crippen molar-refractivity contribution < 1.29 is 26.3 Å². The molecule has 0 aliphatic heterocycles.